The third kappa shape index (κ3) is 3.33. The number of nitrogens with one attached hydrogen (secondary N) is 1. The molecule has 0 aliphatic heterocycles. The Labute approximate surface area is 144 Å². The third-order valence-electron chi connectivity index (χ3n) is 5.03. The number of rotatable bonds is 4. The topological polar surface area (TPSA) is 46.2 Å². The van der Waals surface area contributed by atoms with Gasteiger partial charge in [0, 0.05) is 17.0 Å². The molecule has 1 aliphatic carbocycles. The van der Waals surface area contributed by atoms with Crippen LogP contribution in [0.1, 0.15) is 44.6 Å². The molecule has 1 atom stereocenters. The molecule has 3 rings (SSSR count). The smallest absolute Gasteiger partial charge is 0.208 e. The Hall–Kier alpha value is -1.83. The van der Waals surface area contributed by atoms with Crippen LogP contribution in [-0.2, 0) is 10.0 Å². The average molecular weight is 341 g/mol. The van der Waals surface area contributed by atoms with E-state index in [1.807, 2.05) is 31.2 Å². The zero-order valence-corrected chi connectivity index (χ0v) is 14.8. The van der Waals surface area contributed by atoms with Gasteiger partial charge in [-0.2, -0.15) is 0 Å². The van der Waals surface area contributed by atoms with Crippen LogP contribution in [-0.4, -0.2) is 14.5 Å². The molecule has 2 aromatic rings. The minimum absolute atomic E-state index is 0.0543. The predicted molar refractivity (Wildman–Crippen MR) is 98.2 cm³/mol. The molecule has 0 spiro atoms. The van der Waals surface area contributed by atoms with Crippen molar-refractivity contribution in [2.24, 2.45) is 5.92 Å². The summed E-state index contributed by atoms with van der Waals surface area (Å²) >= 11 is 0. The number of sulfonamides is 1. The van der Waals surface area contributed by atoms with Gasteiger partial charge in [0.25, 0.3) is 0 Å². The van der Waals surface area contributed by atoms with Crippen LogP contribution < -0.4 is 4.72 Å². The van der Waals surface area contributed by atoms with Crippen molar-refractivity contribution in [3.05, 3.63) is 42.0 Å². The van der Waals surface area contributed by atoms with E-state index in [-0.39, 0.29) is 6.04 Å². The van der Waals surface area contributed by atoms with Gasteiger partial charge in [0.15, 0.2) is 0 Å². The molecule has 1 saturated carbocycles. The van der Waals surface area contributed by atoms with Crippen LogP contribution in [0, 0.1) is 18.3 Å². The molecule has 0 saturated heterocycles. The molecule has 0 heterocycles. The molecule has 0 bridgehead atoms. The molecule has 1 aliphatic rings. The van der Waals surface area contributed by atoms with Crippen LogP contribution in [0.3, 0.4) is 0 Å². The summed E-state index contributed by atoms with van der Waals surface area (Å²) in [6, 6.07) is 10.7. The summed E-state index contributed by atoms with van der Waals surface area (Å²) in [5, 5.41) is 1.48. The molecule has 1 N–H and O–H groups in total. The summed E-state index contributed by atoms with van der Waals surface area (Å²) in [7, 11) is -3.58. The molecular weight excluding hydrogens is 318 g/mol. The standard InChI is InChI=1S/C20H23NO2S/c1-3-16-13-14-20(19-12-8-7-11-18(16)19)24(22,23)21-15(2)17-9-5-4-6-10-17/h1,7-8,11-15,17,21H,4-6,9-10H2,2H3. The van der Waals surface area contributed by atoms with Crippen molar-refractivity contribution < 1.29 is 8.42 Å². The number of hydrogen-bond acceptors (Lipinski definition) is 2. The fourth-order valence-corrected chi connectivity index (χ4v) is 5.19. The Bertz CT molecular complexity index is 874. The zero-order valence-electron chi connectivity index (χ0n) is 14.0. The lowest BCUT2D eigenvalue weighted by Gasteiger charge is -2.28. The van der Waals surface area contributed by atoms with E-state index < -0.39 is 10.0 Å². The van der Waals surface area contributed by atoms with Crippen molar-refractivity contribution in [2.45, 2.75) is 50.0 Å². The van der Waals surface area contributed by atoms with Gasteiger partial charge in [-0.1, -0.05) is 49.4 Å². The number of hydrogen-bond donors (Lipinski definition) is 1. The molecule has 0 radical (unpaired) electrons. The van der Waals surface area contributed by atoms with Crippen LogP contribution in [0.25, 0.3) is 10.8 Å². The minimum Gasteiger partial charge on any atom is -0.208 e. The number of terminal acetylenes is 1. The minimum atomic E-state index is -3.58. The van der Waals surface area contributed by atoms with E-state index in [4.69, 9.17) is 6.42 Å². The van der Waals surface area contributed by atoms with Crippen molar-refractivity contribution in [1.29, 1.82) is 0 Å². The van der Waals surface area contributed by atoms with Gasteiger partial charge >= 0.3 is 0 Å². The second-order valence-electron chi connectivity index (χ2n) is 6.61. The predicted octanol–water partition coefficient (Wildman–Crippen LogP) is 4.07. The normalized spacial score (nSPS) is 17.5. The zero-order chi connectivity index (χ0) is 17.2. The first-order chi connectivity index (χ1) is 11.5. The van der Waals surface area contributed by atoms with Crippen molar-refractivity contribution in [3.63, 3.8) is 0 Å². The van der Waals surface area contributed by atoms with Gasteiger partial charge in [-0.3, -0.25) is 0 Å². The first-order valence-electron chi connectivity index (χ1n) is 8.53. The molecule has 4 heteroatoms. The lowest BCUT2D eigenvalue weighted by atomic mass is 9.85. The maximum Gasteiger partial charge on any atom is 0.241 e. The fourth-order valence-electron chi connectivity index (χ4n) is 3.67. The molecule has 1 unspecified atom stereocenters. The Balaban J connectivity index is 1.95. The van der Waals surface area contributed by atoms with Crippen LogP contribution in [0.5, 0.6) is 0 Å². The number of fused-ring (bicyclic) bond motifs is 1. The van der Waals surface area contributed by atoms with E-state index in [2.05, 4.69) is 10.6 Å². The summed E-state index contributed by atoms with van der Waals surface area (Å²) in [4.78, 5) is 0.305. The lowest BCUT2D eigenvalue weighted by Crippen LogP contribution is -2.38. The van der Waals surface area contributed by atoms with Crippen molar-refractivity contribution in [1.82, 2.24) is 4.72 Å². The maximum atomic E-state index is 12.9. The van der Waals surface area contributed by atoms with Crippen LogP contribution in [0.15, 0.2) is 41.3 Å². The molecule has 24 heavy (non-hydrogen) atoms. The Morgan fingerprint density at radius 3 is 2.42 bits per heavy atom. The van der Waals surface area contributed by atoms with E-state index in [1.54, 1.807) is 12.1 Å². The van der Waals surface area contributed by atoms with Gasteiger partial charge in [0.1, 0.15) is 0 Å². The highest BCUT2D eigenvalue weighted by atomic mass is 32.2. The van der Waals surface area contributed by atoms with Crippen LogP contribution in [0.2, 0.25) is 0 Å². The Kier molecular flexibility index (Phi) is 4.93. The van der Waals surface area contributed by atoms with Crippen molar-refractivity contribution in [3.8, 4) is 12.3 Å². The van der Waals surface area contributed by atoms with Crippen LogP contribution >= 0.6 is 0 Å². The summed E-state index contributed by atoms with van der Waals surface area (Å²) in [5.41, 5.74) is 0.713. The maximum absolute atomic E-state index is 12.9. The van der Waals surface area contributed by atoms with E-state index in [0.29, 0.717) is 21.8 Å². The van der Waals surface area contributed by atoms with Gasteiger partial charge in [0.05, 0.1) is 4.90 Å². The molecule has 0 aromatic heterocycles. The SMILES string of the molecule is C#Cc1ccc(S(=O)(=O)NC(C)C2CCCCC2)c2ccccc12. The first-order valence-corrected chi connectivity index (χ1v) is 10.0. The summed E-state index contributed by atoms with van der Waals surface area (Å²) < 4.78 is 28.8. The Morgan fingerprint density at radius 1 is 1.08 bits per heavy atom. The highest BCUT2D eigenvalue weighted by molar-refractivity contribution is 7.89. The second kappa shape index (κ2) is 6.96. The molecule has 2 aromatic carbocycles. The quantitative estimate of drug-likeness (QED) is 0.852. The Morgan fingerprint density at radius 2 is 1.75 bits per heavy atom. The monoisotopic (exact) mass is 341 g/mol. The molecule has 3 nitrogen and oxygen atoms in total. The average Bonchev–Trinajstić information content (AvgIpc) is 2.61. The molecule has 1 fully saturated rings. The van der Waals surface area contributed by atoms with Gasteiger partial charge in [-0.25, -0.2) is 13.1 Å². The molecule has 126 valence electrons. The van der Waals surface area contributed by atoms with E-state index >= 15 is 0 Å². The highest BCUT2D eigenvalue weighted by Gasteiger charge is 2.26. The van der Waals surface area contributed by atoms with Crippen molar-refractivity contribution in [2.75, 3.05) is 0 Å². The van der Waals surface area contributed by atoms with Gasteiger partial charge in [0.2, 0.25) is 10.0 Å². The molecular formula is C20H23NO2S. The van der Waals surface area contributed by atoms with E-state index in [1.165, 1.54) is 19.3 Å². The fraction of sp³-hybridized carbons (Fsp3) is 0.400. The van der Waals surface area contributed by atoms with Crippen LogP contribution in [0.4, 0.5) is 0 Å². The summed E-state index contributed by atoms with van der Waals surface area (Å²) in [6.45, 7) is 1.98. The van der Waals surface area contributed by atoms with Gasteiger partial charge < -0.3 is 0 Å². The summed E-state index contributed by atoms with van der Waals surface area (Å²) in [6.07, 6.45) is 11.4. The lowest BCUT2D eigenvalue weighted by molar-refractivity contribution is 0.303. The summed E-state index contributed by atoms with van der Waals surface area (Å²) in [5.74, 6) is 3.05. The van der Waals surface area contributed by atoms with E-state index in [9.17, 15) is 8.42 Å². The largest absolute Gasteiger partial charge is 0.241 e. The second-order valence-corrected chi connectivity index (χ2v) is 8.29. The number of benzene rings is 2. The van der Waals surface area contributed by atoms with Gasteiger partial charge in [-0.05, 0) is 43.2 Å². The third-order valence-corrected chi connectivity index (χ3v) is 6.64. The highest BCUT2D eigenvalue weighted by Crippen LogP contribution is 2.29. The van der Waals surface area contributed by atoms with Crippen molar-refractivity contribution >= 4 is 20.8 Å². The van der Waals surface area contributed by atoms with E-state index in [0.717, 1.165) is 18.2 Å². The molecule has 0 amide bonds. The van der Waals surface area contributed by atoms with Gasteiger partial charge in [-0.15, -0.1) is 6.42 Å². The first kappa shape index (κ1) is 17.0.